The van der Waals surface area contributed by atoms with E-state index in [-0.39, 0.29) is 18.6 Å². The molecule has 2 atom stereocenters. The lowest BCUT2D eigenvalue weighted by atomic mass is 10.0. The fraction of sp³-hybridized carbons (Fsp3) is 0.500. The Bertz CT molecular complexity index is 453. The molecule has 19 heavy (non-hydrogen) atoms. The molecule has 0 saturated heterocycles. The summed E-state index contributed by atoms with van der Waals surface area (Å²) in [5, 5.41) is 9.33. The van der Waals surface area contributed by atoms with E-state index in [1.807, 2.05) is 25.7 Å². The molecule has 1 N–H and O–H groups in total. The smallest absolute Gasteiger partial charge is 0.317 e. The van der Waals surface area contributed by atoms with Crippen molar-refractivity contribution in [1.82, 2.24) is 4.90 Å². The van der Waals surface area contributed by atoms with Crippen molar-refractivity contribution in [3.8, 4) is 0 Å². The molecule has 106 valence electrons. The second-order valence-electron chi connectivity index (χ2n) is 4.67. The molecule has 1 rings (SSSR count). The molecule has 0 saturated carbocycles. The quantitative estimate of drug-likeness (QED) is 0.867. The number of carboxylic acids is 1. The van der Waals surface area contributed by atoms with Gasteiger partial charge in [0.25, 0.3) is 0 Å². The Balaban J connectivity index is 3.03. The maximum Gasteiger partial charge on any atom is 0.317 e. The molecule has 1 aromatic carbocycles. The zero-order chi connectivity index (χ0) is 14.6. The van der Waals surface area contributed by atoms with Crippen molar-refractivity contribution in [2.75, 3.05) is 6.54 Å². The van der Waals surface area contributed by atoms with Gasteiger partial charge < -0.3 is 5.11 Å². The van der Waals surface area contributed by atoms with E-state index in [4.69, 9.17) is 16.7 Å². The van der Waals surface area contributed by atoms with Crippen LogP contribution in [0.15, 0.2) is 18.2 Å². The Morgan fingerprint density at radius 2 is 2.11 bits per heavy atom. The molecule has 5 heteroatoms. The van der Waals surface area contributed by atoms with E-state index in [2.05, 4.69) is 0 Å². The van der Waals surface area contributed by atoms with Gasteiger partial charge in [-0.3, -0.25) is 9.69 Å². The van der Waals surface area contributed by atoms with Crippen LogP contribution in [0.3, 0.4) is 0 Å². The molecule has 0 heterocycles. The predicted octanol–water partition coefficient (Wildman–Crippen LogP) is 3.73. The van der Waals surface area contributed by atoms with Gasteiger partial charge in [0.05, 0.1) is 6.54 Å². The summed E-state index contributed by atoms with van der Waals surface area (Å²) in [5.74, 6) is -1.28. The first-order valence-corrected chi connectivity index (χ1v) is 6.67. The Hall–Kier alpha value is -1.13. The molecule has 1 aromatic rings. The fourth-order valence-corrected chi connectivity index (χ4v) is 2.41. The summed E-state index contributed by atoms with van der Waals surface area (Å²) >= 11 is 6.04. The van der Waals surface area contributed by atoms with Crippen LogP contribution < -0.4 is 0 Å². The third-order valence-electron chi connectivity index (χ3n) is 3.38. The average Bonchev–Trinajstić information content (AvgIpc) is 2.34. The van der Waals surface area contributed by atoms with E-state index in [9.17, 15) is 9.18 Å². The number of halogens is 2. The van der Waals surface area contributed by atoms with Gasteiger partial charge in [0.15, 0.2) is 0 Å². The minimum atomic E-state index is -0.884. The standard InChI is InChI=1S/C14H19ClFNO2/c1-4-9(2)17(8-14(18)19)10(3)12-6-5-11(16)7-13(12)15/h5-7,9-10H,4,8H2,1-3H3,(H,18,19). The molecule has 3 nitrogen and oxygen atoms in total. The van der Waals surface area contributed by atoms with Crippen molar-refractivity contribution in [2.24, 2.45) is 0 Å². The molecule has 0 radical (unpaired) electrons. The Labute approximate surface area is 118 Å². The highest BCUT2D eigenvalue weighted by molar-refractivity contribution is 6.31. The van der Waals surface area contributed by atoms with Gasteiger partial charge in [-0.25, -0.2) is 4.39 Å². The first-order chi connectivity index (χ1) is 8.86. The summed E-state index contributed by atoms with van der Waals surface area (Å²) in [6.07, 6.45) is 0.830. The molecule has 0 aromatic heterocycles. The zero-order valence-electron chi connectivity index (χ0n) is 11.4. The topological polar surface area (TPSA) is 40.5 Å². The minimum absolute atomic E-state index is 0.0656. The molecule has 0 aliphatic carbocycles. The number of nitrogens with zero attached hydrogens (tertiary/aromatic N) is 1. The highest BCUT2D eigenvalue weighted by atomic mass is 35.5. The molecule has 0 spiro atoms. The maximum atomic E-state index is 13.1. The molecule has 0 fully saturated rings. The summed E-state index contributed by atoms with van der Waals surface area (Å²) in [7, 11) is 0. The molecule has 0 bridgehead atoms. The predicted molar refractivity (Wildman–Crippen MR) is 73.9 cm³/mol. The first kappa shape index (κ1) is 15.9. The largest absolute Gasteiger partial charge is 0.480 e. The Kier molecular flexibility index (Phi) is 5.76. The SMILES string of the molecule is CCC(C)N(CC(=O)O)C(C)c1ccc(F)cc1Cl. The number of benzene rings is 1. The lowest BCUT2D eigenvalue weighted by Gasteiger charge is -2.33. The monoisotopic (exact) mass is 287 g/mol. The summed E-state index contributed by atoms with van der Waals surface area (Å²) in [6.45, 7) is 5.79. The van der Waals surface area contributed by atoms with Crippen LogP contribution in [0.25, 0.3) is 0 Å². The van der Waals surface area contributed by atoms with Crippen molar-refractivity contribution in [3.05, 3.63) is 34.6 Å². The average molecular weight is 288 g/mol. The normalized spacial score (nSPS) is 14.4. The third-order valence-corrected chi connectivity index (χ3v) is 3.71. The maximum absolute atomic E-state index is 13.1. The summed E-state index contributed by atoms with van der Waals surface area (Å²) in [6, 6.07) is 4.13. The summed E-state index contributed by atoms with van der Waals surface area (Å²) in [4.78, 5) is 12.8. The number of aliphatic carboxylic acids is 1. The van der Waals surface area contributed by atoms with E-state index < -0.39 is 11.8 Å². The van der Waals surface area contributed by atoms with Crippen LogP contribution in [0.5, 0.6) is 0 Å². The van der Waals surface area contributed by atoms with Crippen LogP contribution in [-0.2, 0) is 4.79 Å². The van der Waals surface area contributed by atoms with Gasteiger partial charge in [0.1, 0.15) is 5.82 Å². The summed E-state index contributed by atoms with van der Waals surface area (Å²) in [5.41, 5.74) is 0.740. The van der Waals surface area contributed by atoms with Gasteiger partial charge in [0.2, 0.25) is 0 Å². The Morgan fingerprint density at radius 1 is 1.47 bits per heavy atom. The Morgan fingerprint density at radius 3 is 2.58 bits per heavy atom. The van der Waals surface area contributed by atoms with Gasteiger partial charge in [-0.2, -0.15) is 0 Å². The van der Waals surface area contributed by atoms with Crippen LogP contribution >= 0.6 is 11.6 Å². The van der Waals surface area contributed by atoms with E-state index in [1.165, 1.54) is 12.1 Å². The number of hydrogen-bond donors (Lipinski definition) is 1. The van der Waals surface area contributed by atoms with Crippen molar-refractivity contribution in [3.63, 3.8) is 0 Å². The second kappa shape index (κ2) is 6.87. The number of rotatable bonds is 6. The molecule has 0 aliphatic heterocycles. The second-order valence-corrected chi connectivity index (χ2v) is 5.07. The third kappa shape index (κ3) is 4.18. The lowest BCUT2D eigenvalue weighted by molar-refractivity contribution is -0.139. The van der Waals surface area contributed by atoms with E-state index in [0.29, 0.717) is 5.02 Å². The highest BCUT2D eigenvalue weighted by Crippen LogP contribution is 2.29. The zero-order valence-corrected chi connectivity index (χ0v) is 12.1. The molecular weight excluding hydrogens is 269 g/mol. The van der Waals surface area contributed by atoms with Gasteiger partial charge in [-0.1, -0.05) is 24.6 Å². The van der Waals surface area contributed by atoms with Crippen molar-refractivity contribution >= 4 is 17.6 Å². The number of carbonyl (C=O) groups is 1. The molecule has 0 amide bonds. The number of hydrogen-bond acceptors (Lipinski definition) is 2. The van der Waals surface area contributed by atoms with Gasteiger partial charge in [0, 0.05) is 17.1 Å². The van der Waals surface area contributed by atoms with Gasteiger partial charge >= 0.3 is 5.97 Å². The first-order valence-electron chi connectivity index (χ1n) is 6.29. The van der Waals surface area contributed by atoms with Crippen LogP contribution in [-0.4, -0.2) is 28.6 Å². The van der Waals surface area contributed by atoms with Crippen LogP contribution in [0.4, 0.5) is 4.39 Å². The molecule has 2 unspecified atom stereocenters. The highest BCUT2D eigenvalue weighted by Gasteiger charge is 2.24. The van der Waals surface area contributed by atoms with E-state index in [1.54, 1.807) is 6.07 Å². The molecular formula is C14H19ClFNO2. The minimum Gasteiger partial charge on any atom is -0.480 e. The van der Waals surface area contributed by atoms with E-state index >= 15 is 0 Å². The van der Waals surface area contributed by atoms with E-state index in [0.717, 1.165) is 12.0 Å². The van der Waals surface area contributed by atoms with Crippen LogP contribution in [0, 0.1) is 5.82 Å². The summed E-state index contributed by atoms with van der Waals surface area (Å²) < 4.78 is 13.1. The van der Waals surface area contributed by atoms with Crippen molar-refractivity contribution < 1.29 is 14.3 Å². The lowest BCUT2D eigenvalue weighted by Crippen LogP contribution is -2.39. The van der Waals surface area contributed by atoms with Gasteiger partial charge in [-0.05, 0) is 38.0 Å². The fourth-order valence-electron chi connectivity index (χ4n) is 2.08. The van der Waals surface area contributed by atoms with Crippen LogP contribution in [0.2, 0.25) is 5.02 Å². The van der Waals surface area contributed by atoms with Crippen molar-refractivity contribution in [2.45, 2.75) is 39.3 Å². The number of carboxylic acid groups (broad SMARTS) is 1. The van der Waals surface area contributed by atoms with Crippen LogP contribution in [0.1, 0.15) is 38.8 Å². The van der Waals surface area contributed by atoms with Gasteiger partial charge in [-0.15, -0.1) is 0 Å². The molecule has 0 aliphatic rings. The van der Waals surface area contributed by atoms with Crippen molar-refractivity contribution in [1.29, 1.82) is 0 Å².